The second kappa shape index (κ2) is 11.3. The van der Waals surface area contributed by atoms with Gasteiger partial charge in [0.15, 0.2) is 0 Å². The summed E-state index contributed by atoms with van der Waals surface area (Å²) in [6, 6.07) is 0. The number of rotatable bonds is 0. The van der Waals surface area contributed by atoms with E-state index in [2.05, 4.69) is 0 Å². The molecule has 0 aliphatic heterocycles. The third-order valence-corrected chi connectivity index (χ3v) is 1.92. The molecular weight excluding hydrogens is 417 g/mol. The summed E-state index contributed by atoms with van der Waals surface area (Å²) in [7, 11) is 0. The molecule has 0 amide bonds. The van der Waals surface area contributed by atoms with Crippen molar-refractivity contribution in [1.29, 1.82) is 0 Å². The van der Waals surface area contributed by atoms with E-state index >= 15 is 0 Å². The summed E-state index contributed by atoms with van der Waals surface area (Å²) in [5, 5.41) is 24.8. The van der Waals surface area contributed by atoms with E-state index in [1.54, 1.807) is 62.3 Å². The van der Waals surface area contributed by atoms with Gasteiger partial charge in [0.2, 0.25) is 0 Å². The van der Waals surface area contributed by atoms with E-state index in [1.807, 2.05) is 0 Å². The number of carboxylic acid groups (broad SMARTS) is 3. The Bertz CT molecular complexity index is 299. The van der Waals surface area contributed by atoms with E-state index in [-0.39, 0.29) is 41.3 Å². The van der Waals surface area contributed by atoms with Crippen molar-refractivity contribution in [1.82, 2.24) is 0 Å². The van der Waals surface area contributed by atoms with Crippen molar-refractivity contribution in [3.63, 3.8) is 0 Å². The van der Waals surface area contributed by atoms with Crippen molar-refractivity contribution in [3.8, 4) is 0 Å². The first-order valence-corrected chi connectivity index (χ1v) is 6.53. The van der Waals surface area contributed by atoms with E-state index in [1.165, 1.54) is 0 Å². The average Bonchev–Trinajstić information content (AvgIpc) is 2.14. The molecule has 0 aliphatic carbocycles. The summed E-state index contributed by atoms with van der Waals surface area (Å²) < 4.78 is 0. The standard InChI is InChI=1S/3C5H10O2.Pr/c3*1-5(2,3)4(6)7;/h3*1-3H3,(H,6,7);. The molecule has 0 saturated carbocycles. The van der Waals surface area contributed by atoms with Crippen LogP contribution in [-0.2, 0) is 14.4 Å². The molecule has 0 atom stereocenters. The van der Waals surface area contributed by atoms with Gasteiger partial charge in [-0.3, -0.25) is 14.4 Å². The van der Waals surface area contributed by atoms with Crippen LogP contribution in [-0.4, -0.2) is 33.2 Å². The maximum atomic E-state index is 10.0. The molecule has 0 saturated heterocycles. The number of carboxylic acids is 3. The Kier molecular flexibility index (Phi) is 15.3. The fourth-order valence-corrected chi connectivity index (χ4v) is 0. The molecule has 0 aromatic heterocycles. The SMILES string of the molecule is CC(C)(C)C(=O)O.CC(C)(C)C(=O)O.CC(C)(C)C(=O)O.[Pr]. The average molecular weight is 447 g/mol. The van der Waals surface area contributed by atoms with E-state index in [0.29, 0.717) is 0 Å². The minimum atomic E-state index is -0.757. The normalized spacial score (nSPS) is 10.8. The first kappa shape index (κ1) is 29.7. The summed E-state index contributed by atoms with van der Waals surface area (Å²) in [5.74, 6) is -2.27. The smallest absolute Gasteiger partial charge is 0.308 e. The van der Waals surface area contributed by atoms with Crippen LogP contribution < -0.4 is 0 Å². The van der Waals surface area contributed by atoms with Gasteiger partial charge in [-0.05, 0) is 62.3 Å². The number of aliphatic carboxylic acids is 3. The van der Waals surface area contributed by atoms with Crippen LogP contribution >= 0.6 is 0 Å². The van der Waals surface area contributed by atoms with Crippen molar-refractivity contribution in [2.75, 3.05) is 0 Å². The van der Waals surface area contributed by atoms with Gasteiger partial charge in [0.05, 0.1) is 16.2 Å². The van der Waals surface area contributed by atoms with Gasteiger partial charge in [-0.1, -0.05) is 0 Å². The molecule has 0 unspecified atom stereocenters. The topological polar surface area (TPSA) is 112 Å². The fraction of sp³-hybridized carbons (Fsp3) is 0.800. The van der Waals surface area contributed by atoms with Crippen LogP contribution in [0.5, 0.6) is 0 Å². The summed E-state index contributed by atoms with van der Waals surface area (Å²) in [6.45, 7) is 15.0. The van der Waals surface area contributed by atoms with Crippen molar-refractivity contribution >= 4 is 17.9 Å². The minimum Gasteiger partial charge on any atom is -0.481 e. The molecule has 0 aromatic rings. The van der Waals surface area contributed by atoms with E-state index in [4.69, 9.17) is 15.3 Å². The van der Waals surface area contributed by atoms with Crippen molar-refractivity contribution in [2.24, 2.45) is 16.2 Å². The van der Waals surface area contributed by atoms with Gasteiger partial charge < -0.3 is 15.3 Å². The molecule has 0 rings (SSSR count). The monoisotopic (exact) mass is 447 g/mol. The predicted molar refractivity (Wildman–Crippen MR) is 81.3 cm³/mol. The summed E-state index contributed by atoms with van der Waals surface area (Å²) in [4.78, 5) is 30.1. The Morgan fingerprint density at radius 1 is 0.500 bits per heavy atom. The Morgan fingerprint density at radius 3 is 0.545 bits per heavy atom. The summed E-state index contributed by atoms with van der Waals surface area (Å²) in [6.07, 6.45) is 0. The fourth-order valence-electron chi connectivity index (χ4n) is 0. The zero-order chi connectivity index (χ0) is 18.2. The van der Waals surface area contributed by atoms with Crippen LogP contribution in [0.1, 0.15) is 62.3 Å². The quantitative estimate of drug-likeness (QED) is 0.525. The van der Waals surface area contributed by atoms with Gasteiger partial charge in [0.25, 0.3) is 0 Å². The molecular formula is C15H30O6Pr. The molecule has 0 aromatic carbocycles. The van der Waals surface area contributed by atoms with Gasteiger partial charge in [-0.2, -0.15) is 0 Å². The molecule has 0 bridgehead atoms. The van der Waals surface area contributed by atoms with Gasteiger partial charge >= 0.3 is 17.9 Å². The molecule has 3 N–H and O–H groups in total. The van der Waals surface area contributed by atoms with E-state index in [9.17, 15) is 14.4 Å². The van der Waals surface area contributed by atoms with E-state index < -0.39 is 34.2 Å². The van der Waals surface area contributed by atoms with Gasteiger partial charge in [0, 0.05) is 41.3 Å². The maximum absolute atomic E-state index is 10.0. The molecule has 7 heteroatoms. The third kappa shape index (κ3) is 22.1. The molecule has 22 heavy (non-hydrogen) atoms. The second-order valence-electron chi connectivity index (χ2n) is 7.67. The molecule has 0 heterocycles. The summed E-state index contributed by atoms with van der Waals surface area (Å²) >= 11 is 0. The Labute approximate surface area is 166 Å². The van der Waals surface area contributed by atoms with Crippen LogP contribution in [0, 0.1) is 57.5 Å². The molecule has 6 nitrogen and oxygen atoms in total. The first-order chi connectivity index (χ1) is 8.83. The second-order valence-corrected chi connectivity index (χ2v) is 7.67. The molecule has 1 radical (unpaired) electrons. The first-order valence-electron chi connectivity index (χ1n) is 6.53. The maximum Gasteiger partial charge on any atom is 0.308 e. The zero-order valence-corrected chi connectivity index (χ0v) is 18.8. The van der Waals surface area contributed by atoms with Crippen LogP contribution in [0.3, 0.4) is 0 Å². The summed E-state index contributed by atoms with van der Waals surface area (Å²) in [5.41, 5.74) is -1.75. The number of carbonyl (C=O) groups is 3. The zero-order valence-electron chi connectivity index (χ0n) is 15.1. The predicted octanol–water partition coefficient (Wildman–Crippen LogP) is 3.35. The van der Waals surface area contributed by atoms with Crippen LogP contribution in [0.25, 0.3) is 0 Å². The molecule has 129 valence electrons. The van der Waals surface area contributed by atoms with Crippen molar-refractivity contribution in [3.05, 3.63) is 0 Å². The Hall–Kier alpha value is -0.226. The third-order valence-electron chi connectivity index (χ3n) is 1.92. The van der Waals surface area contributed by atoms with Crippen molar-refractivity contribution < 1.29 is 71.0 Å². The molecule has 0 spiro atoms. The number of hydrogen-bond donors (Lipinski definition) is 3. The van der Waals surface area contributed by atoms with Crippen LogP contribution in [0.2, 0.25) is 0 Å². The minimum absolute atomic E-state index is 0. The Balaban J connectivity index is -0.000000108. The largest absolute Gasteiger partial charge is 0.481 e. The van der Waals surface area contributed by atoms with Crippen LogP contribution in [0.15, 0.2) is 0 Å². The van der Waals surface area contributed by atoms with Gasteiger partial charge in [0.1, 0.15) is 0 Å². The van der Waals surface area contributed by atoms with E-state index in [0.717, 1.165) is 0 Å². The van der Waals surface area contributed by atoms with Gasteiger partial charge in [-0.25, -0.2) is 0 Å². The van der Waals surface area contributed by atoms with Crippen molar-refractivity contribution in [2.45, 2.75) is 62.3 Å². The molecule has 0 aliphatic rings. The Morgan fingerprint density at radius 2 is 0.545 bits per heavy atom. The van der Waals surface area contributed by atoms with Crippen LogP contribution in [0.4, 0.5) is 0 Å². The number of hydrogen-bond acceptors (Lipinski definition) is 3. The van der Waals surface area contributed by atoms with Gasteiger partial charge in [-0.15, -0.1) is 0 Å². The molecule has 0 fully saturated rings.